The number of halogens is 1. The number of para-hydroxylation sites is 1. The first-order valence-electron chi connectivity index (χ1n) is 7.38. The van der Waals surface area contributed by atoms with Gasteiger partial charge in [-0.3, -0.25) is 4.79 Å². The smallest absolute Gasteiger partial charge is 0.261 e. The number of nitrogens with zero attached hydrogens (tertiary/aromatic N) is 1. The highest BCUT2D eigenvalue weighted by Crippen LogP contribution is 2.33. The largest absolute Gasteiger partial charge is 0.481 e. The standard InChI is InChI=1S/C17H18FNO3/c1-12-8-9-16(22-12)14-6-4-10-19(14)17(20)11-21-15-7-3-2-5-13(15)18/h2-3,5,7-9,14H,4,6,10-11H2,1H3. The fraction of sp³-hybridized carbons (Fsp3) is 0.353. The molecule has 1 atom stereocenters. The highest BCUT2D eigenvalue weighted by Gasteiger charge is 2.32. The molecule has 2 heterocycles. The van der Waals surface area contributed by atoms with Crippen molar-refractivity contribution in [2.75, 3.05) is 13.2 Å². The second-order valence-corrected chi connectivity index (χ2v) is 5.41. The normalized spacial score (nSPS) is 17.7. The molecule has 1 unspecified atom stereocenters. The number of carbonyl (C=O) groups is 1. The number of likely N-dealkylation sites (tertiary alicyclic amines) is 1. The van der Waals surface area contributed by atoms with Crippen LogP contribution in [-0.4, -0.2) is 24.0 Å². The zero-order chi connectivity index (χ0) is 15.5. The van der Waals surface area contributed by atoms with Crippen LogP contribution in [0.1, 0.15) is 30.4 Å². The van der Waals surface area contributed by atoms with Crippen LogP contribution in [0, 0.1) is 12.7 Å². The summed E-state index contributed by atoms with van der Waals surface area (Å²) in [5.41, 5.74) is 0. The van der Waals surface area contributed by atoms with Crippen molar-refractivity contribution in [2.45, 2.75) is 25.8 Å². The topological polar surface area (TPSA) is 42.7 Å². The van der Waals surface area contributed by atoms with Gasteiger partial charge >= 0.3 is 0 Å². The zero-order valence-corrected chi connectivity index (χ0v) is 12.4. The molecule has 1 fully saturated rings. The van der Waals surface area contributed by atoms with E-state index >= 15 is 0 Å². The van der Waals surface area contributed by atoms with Crippen LogP contribution >= 0.6 is 0 Å². The summed E-state index contributed by atoms with van der Waals surface area (Å²) in [7, 11) is 0. The molecule has 1 amide bonds. The van der Waals surface area contributed by atoms with Gasteiger partial charge in [-0.05, 0) is 44.0 Å². The molecule has 2 aromatic rings. The number of rotatable bonds is 4. The molecule has 0 N–H and O–H groups in total. The van der Waals surface area contributed by atoms with Crippen LogP contribution in [-0.2, 0) is 4.79 Å². The number of amides is 1. The summed E-state index contributed by atoms with van der Waals surface area (Å²) < 4.78 is 24.4. The highest BCUT2D eigenvalue weighted by molar-refractivity contribution is 5.78. The zero-order valence-electron chi connectivity index (χ0n) is 12.4. The van der Waals surface area contributed by atoms with Gasteiger partial charge in [0.15, 0.2) is 18.2 Å². The first-order chi connectivity index (χ1) is 10.6. The molecule has 0 radical (unpaired) electrons. The molecule has 1 aliphatic rings. The van der Waals surface area contributed by atoms with Crippen molar-refractivity contribution in [1.29, 1.82) is 0 Å². The monoisotopic (exact) mass is 303 g/mol. The molecule has 0 spiro atoms. The Balaban J connectivity index is 1.65. The van der Waals surface area contributed by atoms with Crippen molar-refractivity contribution < 1.29 is 18.3 Å². The van der Waals surface area contributed by atoms with Crippen molar-refractivity contribution in [3.8, 4) is 5.75 Å². The van der Waals surface area contributed by atoms with Gasteiger partial charge in [0.2, 0.25) is 0 Å². The second kappa shape index (κ2) is 6.22. The van der Waals surface area contributed by atoms with E-state index in [0.29, 0.717) is 6.54 Å². The SMILES string of the molecule is Cc1ccc(C2CCCN2C(=O)COc2ccccc2F)o1. The summed E-state index contributed by atoms with van der Waals surface area (Å²) in [5.74, 6) is 1.11. The quantitative estimate of drug-likeness (QED) is 0.868. The summed E-state index contributed by atoms with van der Waals surface area (Å²) in [4.78, 5) is 14.1. The van der Waals surface area contributed by atoms with E-state index in [1.807, 2.05) is 19.1 Å². The van der Waals surface area contributed by atoms with E-state index < -0.39 is 5.82 Å². The van der Waals surface area contributed by atoms with Gasteiger partial charge in [0.05, 0.1) is 6.04 Å². The van der Waals surface area contributed by atoms with Gasteiger partial charge in [0.25, 0.3) is 5.91 Å². The molecule has 1 saturated heterocycles. The van der Waals surface area contributed by atoms with Crippen molar-refractivity contribution in [1.82, 2.24) is 4.90 Å². The van der Waals surface area contributed by atoms with Gasteiger partial charge in [-0.15, -0.1) is 0 Å². The third kappa shape index (κ3) is 2.98. The number of carbonyl (C=O) groups excluding carboxylic acids is 1. The van der Waals surface area contributed by atoms with E-state index in [1.54, 1.807) is 17.0 Å². The maximum absolute atomic E-state index is 13.5. The molecule has 4 nitrogen and oxygen atoms in total. The Bertz CT molecular complexity index is 667. The molecule has 0 aliphatic carbocycles. The second-order valence-electron chi connectivity index (χ2n) is 5.41. The summed E-state index contributed by atoms with van der Waals surface area (Å²) >= 11 is 0. The van der Waals surface area contributed by atoms with Crippen LogP contribution in [0.15, 0.2) is 40.8 Å². The number of furan rings is 1. The lowest BCUT2D eigenvalue weighted by molar-refractivity contribution is -0.134. The first-order valence-corrected chi connectivity index (χ1v) is 7.38. The Morgan fingerprint density at radius 1 is 1.36 bits per heavy atom. The molecule has 5 heteroatoms. The summed E-state index contributed by atoms with van der Waals surface area (Å²) in [6.45, 7) is 2.38. The van der Waals surface area contributed by atoms with Crippen molar-refractivity contribution in [3.63, 3.8) is 0 Å². The third-order valence-electron chi connectivity index (χ3n) is 3.85. The molecule has 116 valence electrons. The van der Waals surface area contributed by atoms with Crippen LogP contribution in [0.4, 0.5) is 4.39 Å². The van der Waals surface area contributed by atoms with Gasteiger partial charge in [0, 0.05) is 6.54 Å². The Morgan fingerprint density at radius 2 is 2.18 bits per heavy atom. The van der Waals surface area contributed by atoms with Crippen LogP contribution in [0.3, 0.4) is 0 Å². The predicted molar refractivity (Wildman–Crippen MR) is 79.0 cm³/mol. The average Bonchev–Trinajstić information content (AvgIpc) is 3.14. The van der Waals surface area contributed by atoms with Gasteiger partial charge in [-0.25, -0.2) is 4.39 Å². The van der Waals surface area contributed by atoms with E-state index in [2.05, 4.69) is 0 Å². The Kier molecular flexibility index (Phi) is 4.13. The molecule has 1 aromatic carbocycles. The number of aryl methyl sites for hydroxylation is 1. The van der Waals surface area contributed by atoms with E-state index in [4.69, 9.17) is 9.15 Å². The third-order valence-corrected chi connectivity index (χ3v) is 3.85. The summed E-state index contributed by atoms with van der Waals surface area (Å²) in [6.07, 6.45) is 1.80. The molecule has 22 heavy (non-hydrogen) atoms. The number of hydrogen-bond acceptors (Lipinski definition) is 3. The minimum atomic E-state index is -0.463. The maximum atomic E-state index is 13.5. The van der Waals surface area contributed by atoms with Crippen molar-refractivity contribution >= 4 is 5.91 Å². The maximum Gasteiger partial charge on any atom is 0.261 e. The number of benzene rings is 1. The Hall–Kier alpha value is -2.30. The van der Waals surface area contributed by atoms with Crippen molar-refractivity contribution in [3.05, 3.63) is 53.7 Å². The van der Waals surface area contributed by atoms with Crippen LogP contribution < -0.4 is 4.74 Å². The number of ether oxygens (including phenoxy) is 1. The molecule has 1 aliphatic heterocycles. The van der Waals surface area contributed by atoms with Gasteiger partial charge in [-0.1, -0.05) is 12.1 Å². The van der Waals surface area contributed by atoms with Crippen molar-refractivity contribution in [2.24, 2.45) is 0 Å². The fourth-order valence-corrected chi connectivity index (χ4v) is 2.78. The fourth-order valence-electron chi connectivity index (χ4n) is 2.78. The molecule has 3 rings (SSSR count). The highest BCUT2D eigenvalue weighted by atomic mass is 19.1. The van der Waals surface area contributed by atoms with Crippen LogP contribution in [0.25, 0.3) is 0 Å². The summed E-state index contributed by atoms with van der Waals surface area (Å²) in [5, 5.41) is 0. The van der Waals surface area contributed by atoms with E-state index in [1.165, 1.54) is 12.1 Å². The molecule has 1 aromatic heterocycles. The van der Waals surface area contributed by atoms with Gasteiger partial charge < -0.3 is 14.1 Å². The lowest BCUT2D eigenvalue weighted by Gasteiger charge is -2.23. The molecule has 0 saturated carbocycles. The minimum Gasteiger partial charge on any atom is -0.481 e. The van der Waals surface area contributed by atoms with Gasteiger partial charge in [-0.2, -0.15) is 0 Å². The Labute approximate surface area is 128 Å². The Morgan fingerprint density at radius 3 is 2.91 bits per heavy atom. The van der Waals surface area contributed by atoms with E-state index in [9.17, 15) is 9.18 Å². The van der Waals surface area contributed by atoms with Crippen LogP contribution in [0.2, 0.25) is 0 Å². The minimum absolute atomic E-state index is 0.0505. The number of hydrogen-bond donors (Lipinski definition) is 0. The lowest BCUT2D eigenvalue weighted by Crippen LogP contribution is -2.34. The van der Waals surface area contributed by atoms with Crippen LogP contribution in [0.5, 0.6) is 5.75 Å². The van der Waals surface area contributed by atoms with Gasteiger partial charge in [0.1, 0.15) is 11.5 Å². The molecule has 0 bridgehead atoms. The predicted octanol–water partition coefficient (Wildman–Crippen LogP) is 3.47. The van der Waals surface area contributed by atoms with E-state index in [0.717, 1.165) is 24.4 Å². The molecular weight excluding hydrogens is 285 g/mol. The lowest BCUT2D eigenvalue weighted by atomic mass is 10.1. The first kappa shape index (κ1) is 14.6. The summed E-state index contributed by atoms with van der Waals surface area (Å²) in [6, 6.07) is 9.83. The van der Waals surface area contributed by atoms with E-state index in [-0.39, 0.29) is 24.3 Å². The average molecular weight is 303 g/mol. The molecular formula is C17H18FNO3.